The number of nitrogens with zero attached hydrogens (tertiary/aromatic N) is 1. The summed E-state index contributed by atoms with van der Waals surface area (Å²) in [5.41, 5.74) is 1.33. The number of benzene rings is 1. The maximum atomic E-state index is 11.2. The van der Waals surface area contributed by atoms with E-state index in [1.807, 2.05) is 4.90 Å². The van der Waals surface area contributed by atoms with Crippen LogP contribution in [0, 0.1) is 0 Å². The molecule has 1 saturated heterocycles. The van der Waals surface area contributed by atoms with Gasteiger partial charge >= 0.3 is 0 Å². The van der Waals surface area contributed by atoms with E-state index >= 15 is 0 Å². The molecule has 1 N–H and O–H groups in total. The number of hydrogen-bond donors (Lipinski definition) is 1. The van der Waals surface area contributed by atoms with Crippen LogP contribution in [0.15, 0.2) is 29.2 Å². The molecule has 0 aliphatic carbocycles. The summed E-state index contributed by atoms with van der Waals surface area (Å²) in [7, 11) is 0. The number of rotatable bonds is 4. The minimum Gasteiger partial charge on any atom is -0.343 e. The number of carbonyl (C=O) groups is 1. The van der Waals surface area contributed by atoms with Crippen molar-refractivity contribution in [3.05, 3.63) is 29.8 Å². The van der Waals surface area contributed by atoms with E-state index in [4.69, 9.17) is 0 Å². The molecule has 0 bridgehead atoms. The molecule has 0 aromatic heterocycles. The van der Waals surface area contributed by atoms with Gasteiger partial charge in [0.25, 0.3) is 0 Å². The lowest BCUT2D eigenvalue weighted by Gasteiger charge is -2.31. The van der Waals surface area contributed by atoms with Gasteiger partial charge in [-0.25, -0.2) is 0 Å². The van der Waals surface area contributed by atoms with Crippen LogP contribution >= 0.6 is 11.8 Å². The van der Waals surface area contributed by atoms with Gasteiger partial charge in [0.2, 0.25) is 5.91 Å². The molecule has 0 saturated carbocycles. The molecular weight excluding hydrogens is 256 g/mol. The summed E-state index contributed by atoms with van der Waals surface area (Å²) in [6.07, 6.45) is 4.21. The summed E-state index contributed by atoms with van der Waals surface area (Å²) in [5, 5.41) is 3.59. The molecule has 2 rings (SSSR count). The zero-order chi connectivity index (χ0) is 13.7. The first kappa shape index (κ1) is 14.4. The molecular formula is C15H22N2OS. The van der Waals surface area contributed by atoms with Crippen LogP contribution in [-0.4, -0.2) is 36.2 Å². The minimum absolute atomic E-state index is 0.200. The predicted molar refractivity (Wildman–Crippen MR) is 80.3 cm³/mol. The number of thioether (sulfide) groups is 1. The average molecular weight is 278 g/mol. The Morgan fingerprint density at radius 3 is 2.47 bits per heavy atom. The fraction of sp³-hybridized carbons (Fsp3) is 0.533. The summed E-state index contributed by atoms with van der Waals surface area (Å²) in [4.78, 5) is 14.5. The van der Waals surface area contributed by atoms with E-state index in [0.29, 0.717) is 6.04 Å². The van der Waals surface area contributed by atoms with Crippen molar-refractivity contribution in [3.8, 4) is 0 Å². The van der Waals surface area contributed by atoms with E-state index in [-0.39, 0.29) is 5.91 Å². The summed E-state index contributed by atoms with van der Waals surface area (Å²) in [6.45, 7) is 4.34. The van der Waals surface area contributed by atoms with Crippen LogP contribution in [0.1, 0.15) is 25.3 Å². The smallest absolute Gasteiger partial charge is 0.219 e. The third-order valence-corrected chi connectivity index (χ3v) is 4.44. The Hall–Kier alpha value is -1.00. The standard InChI is InChI=1S/C15H22N2OS/c1-12(18)17-9-7-14(8-10-17)16-11-13-3-5-15(19-2)6-4-13/h3-6,14,16H,7-11H2,1-2H3. The van der Waals surface area contributed by atoms with Crippen molar-refractivity contribution in [3.63, 3.8) is 0 Å². The summed E-state index contributed by atoms with van der Waals surface area (Å²) in [6, 6.07) is 9.24. The Morgan fingerprint density at radius 1 is 1.32 bits per heavy atom. The highest BCUT2D eigenvalue weighted by molar-refractivity contribution is 7.98. The Kier molecular flexibility index (Phi) is 5.28. The fourth-order valence-electron chi connectivity index (χ4n) is 2.40. The molecule has 0 atom stereocenters. The van der Waals surface area contributed by atoms with Crippen molar-refractivity contribution in [1.29, 1.82) is 0 Å². The van der Waals surface area contributed by atoms with Gasteiger partial charge in [-0.2, -0.15) is 0 Å². The van der Waals surface area contributed by atoms with Crippen LogP contribution in [0.3, 0.4) is 0 Å². The van der Waals surface area contributed by atoms with E-state index in [1.165, 1.54) is 10.5 Å². The highest BCUT2D eigenvalue weighted by Gasteiger charge is 2.19. The van der Waals surface area contributed by atoms with Crippen molar-refractivity contribution in [1.82, 2.24) is 10.2 Å². The quantitative estimate of drug-likeness (QED) is 0.859. The van der Waals surface area contributed by atoms with Gasteiger partial charge in [-0.15, -0.1) is 11.8 Å². The molecule has 1 aromatic carbocycles. The van der Waals surface area contributed by atoms with Crippen LogP contribution in [-0.2, 0) is 11.3 Å². The highest BCUT2D eigenvalue weighted by Crippen LogP contribution is 2.15. The third kappa shape index (κ3) is 4.25. The number of hydrogen-bond acceptors (Lipinski definition) is 3. The normalized spacial score (nSPS) is 16.6. The Morgan fingerprint density at radius 2 is 1.95 bits per heavy atom. The van der Waals surface area contributed by atoms with Crippen molar-refractivity contribution in [2.75, 3.05) is 19.3 Å². The van der Waals surface area contributed by atoms with Crippen molar-refractivity contribution < 1.29 is 4.79 Å². The van der Waals surface area contributed by atoms with Crippen LogP contribution in [0.25, 0.3) is 0 Å². The monoisotopic (exact) mass is 278 g/mol. The van der Waals surface area contributed by atoms with E-state index in [1.54, 1.807) is 18.7 Å². The number of carbonyl (C=O) groups excluding carboxylic acids is 1. The van der Waals surface area contributed by atoms with Crippen LogP contribution in [0.2, 0.25) is 0 Å². The van der Waals surface area contributed by atoms with Gasteiger partial charge in [0.1, 0.15) is 0 Å². The second-order valence-corrected chi connectivity index (χ2v) is 5.89. The van der Waals surface area contributed by atoms with Gasteiger partial charge in [-0.1, -0.05) is 12.1 Å². The topological polar surface area (TPSA) is 32.3 Å². The second kappa shape index (κ2) is 6.96. The summed E-state index contributed by atoms with van der Waals surface area (Å²) >= 11 is 1.77. The molecule has 1 aliphatic heterocycles. The lowest BCUT2D eigenvalue weighted by Crippen LogP contribution is -2.43. The van der Waals surface area contributed by atoms with E-state index < -0.39 is 0 Å². The maximum absolute atomic E-state index is 11.2. The minimum atomic E-state index is 0.200. The van der Waals surface area contributed by atoms with Gasteiger partial charge in [-0.05, 0) is 36.8 Å². The first-order chi connectivity index (χ1) is 9.19. The second-order valence-electron chi connectivity index (χ2n) is 5.01. The average Bonchev–Trinajstić information content (AvgIpc) is 2.46. The van der Waals surface area contributed by atoms with Gasteiger partial charge in [0.15, 0.2) is 0 Å². The zero-order valence-electron chi connectivity index (χ0n) is 11.7. The largest absolute Gasteiger partial charge is 0.343 e. The summed E-state index contributed by atoms with van der Waals surface area (Å²) in [5.74, 6) is 0.200. The predicted octanol–water partition coefficient (Wildman–Crippen LogP) is 2.51. The van der Waals surface area contributed by atoms with Crippen molar-refractivity contribution in [2.45, 2.75) is 37.2 Å². The van der Waals surface area contributed by atoms with Crippen molar-refractivity contribution >= 4 is 17.7 Å². The number of likely N-dealkylation sites (tertiary alicyclic amines) is 1. The molecule has 3 nitrogen and oxygen atoms in total. The zero-order valence-corrected chi connectivity index (χ0v) is 12.5. The van der Waals surface area contributed by atoms with E-state index in [9.17, 15) is 4.79 Å². The molecule has 1 amide bonds. The number of piperidine rings is 1. The molecule has 0 spiro atoms. The SMILES string of the molecule is CSc1ccc(CNC2CCN(C(C)=O)CC2)cc1. The number of amides is 1. The molecule has 4 heteroatoms. The molecule has 1 aromatic rings. The molecule has 1 aliphatic rings. The Bertz CT molecular complexity index is 411. The van der Waals surface area contributed by atoms with Gasteiger partial charge in [0.05, 0.1) is 0 Å². The Labute approximate surface area is 119 Å². The maximum Gasteiger partial charge on any atom is 0.219 e. The van der Waals surface area contributed by atoms with Crippen LogP contribution < -0.4 is 5.32 Å². The first-order valence-electron chi connectivity index (χ1n) is 6.81. The lowest BCUT2D eigenvalue weighted by atomic mass is 10.0. The molecule has 1 fully saturated rings. The van der Waals surface area contributed by atoms with E-state index in [2.05, 4.69) is 35.8 Å². The molecule has 104 valence electrons. The van der Waals surface area contributed by atoms with Crippen molar-refractivity contribution in [2.24, 2.45) is 0 Å². The molecule has 0 radical (unpaired) electrons. The van der Waals surface area contributed by atoms with Crippen LogP contribution in [0.5, 0.6) is 0 Å². The lowest BCUT2D eigenvalue weighted by molar-refractivity contribution is -0.129. The van der Waals surface area contributed by atoms with Gasteiger partial charge in [-0.3, -0.25) is 4.79 Å². The molecule has 19 heavy (non-hydrogen) atoms. The van der Waals surface area contributed by atoms with E-state index in [0.717, 1.165) is 32.5 Å². The van der Waals surface area contributed by atoms with Gasteiger partial charge < -0.3 is 10.2 Å². The van der Waals surface area contributed by atoms with Crippen LogP contribution in [0.4, 0.5) is 0 Å². The van der Waals surface area contributed by atoms with Gasteiger partial charge in [0, 0.05) is 37.5 Å². The Balaban J connectivity index is 1.75. The first-order valence-corrected chi connectivity index (χ1v) is 8.03. The highest BCUT2D eigenvalue weighted by atomic mass is 32.2. The fourth-order valence-corrected chi connectivity index (χ4v) is 2.81. The molecule has 0 unspecified atom stereocenters. The number of nitrogens with one attached hydrogen (secondary N) is 1. The third-order valence-electron chi connectivity index (χ3n) is 3.69. The summed E-state index contributed by atoms with van der Waals surface area (Å²) < 4.78 is 0. The molecule has 1 heterocycles.